The average molecular weight is 308 g/mol. The van der Waals surface area contributed by atoms with E-state index in [4.69, 9.17) is 21.7 Å². The average Bonchev–Trinajstić information content (AvgIpc) is 2.39. The highest BCUT2D eigenvalue weighted by Crippen LogP contribution is 2.29. The second-order valence-electron chi connectivity index (χ2n) is 3.81. The number of hydrogen-bond acceptors (Lipinski definition) is 3. The first kappa shape index (κ1) is 16.7. The summed E-state index contributed by atoms with van der Waals surface area (Å²) in [6.45, 7) is 0.319. The molecule has 112 valence electrons. The number of thiocarbonyl (C=S) groups is 1. The Bertz CT molecular complexity index is 433. The van der Waals surface area contributed by atoms with E-state index < -0.39 is 18.0 Å². The topological polar surface area (TPSA) is 42.5 Å². The van der Waals surface area contributed by atoms with Gasteiger partial charge in [-0.3, -0.25) is 0 Å². The van der Waals surface area contributed by atoms with Gasteiger partial charge in [-0.15, -0.1) is 0 Å². The number of methoxy groups -OCH3 is 2. The lowest BCUT2D eigenvalue weighted by molar-refractivity contribution is -0.137. The van der Waals surface area contributed by atoms with Crippen molar-refractivity contribution < 1.29 is 22.6 Å². The van der Waals surface area contributed by atoms with Crippen molar-refractivity contribution in [3.8, 4) is 0 Å². The summed E-state index contributed by atoms with van der Waals surface area (Å²) in [7, 11) is 2.98. The van der Waals surface area contributed by atoms with E-state index in [9.17, 15) is 13.2 Å². The van der Waals surface area contributed by atoms with Crippen molar-refractivity contribution in [1.82, 2.24) is 5.32 Å². The number of nitrogens with one attached hydrogen (secondary N) is 2. The SMILES string of the molecule is COC(CNC(=S)Nc1ccc(C(F)(F)F)cc1)OC. The molecule has 0 saturated carbocycles. The normalized spacial score (nSPS) is 11.5. The third-order valence-electron chi connectivity index (χ3n) is 2.43. The Kier molecular flexibility index (Phi) is 6.18. The zero-order valence-corrected chi connectivity index (χ0v) is 11.8. The van der Waals surface area contributed by atoms with Crippen molar-refractivity contribution in [3.05, 3.63) is 29.8 Å². The van der Waals surface area contributed by atoms with E-state index in [0.717, 1.165) is 12.1 Å². The van der Waals surface area contributed by atoms with Crippen LogP contribution >= 0.6 is 12.2 Å². The predicted octanol–water partition coefficient (Wildman–Crippen LogP) is 2.61. The molecule has 0 heterocycles. The fourth-order valence-electron chi connectivity index (χ4n) is 1.36. The summed E-state index contributed by atoms with van der Waals surface area (Å²) in [6.07, 6.45) is -4.80. The van der Waals surface area contributed by atoms with Gasteiger partial charge in [-0.2, -0.15) is 13.2 Å². The van der Waals surface area contributed by atoms with Gasteiger partial charge in [-0.1, -0.05) is 0 Å². The Hall–Kier alpha value is -1.38. The van der Waals surface area contributed by atoms with Crippen LogP contribution < -0.4 is 10.6 Å². The molecule has 2 N–H and O–H groups in total. The van der Waals surface area contributed by atoms with Gasteiger partial charge in [0.05, 0.1) is 12.1 Å². The van der Waals surface area contributed by atoms with Crippen LogP contribution in [0.15, 0.2) is 24.3 Å². The molecule has 0 amide bonds. The van der Waals surface area contributed by atoms with Gasteiger partial charge < -0.3 is 20.1 Å². The first-order valence-electron chi connectivity index (χ1n) is 5.64. The molecule has 0 fully saturated rings. The van der Waals surface area contributed by atoms with Gasteiger partial charge in [-0.25, -0.2) is 0 Å². The van der Waals surface area contributed by atoms with Crippen molar-refractivity contribution in [1.29, 1.82) is 0 Å². The minimum atomic E-state index is -4.35. The van der Waals surface area contributed by atoms with E-state index in [1.807, 2.05) is 0 Å². The highest BCUT2D eigenvalue weighted by molar-refractivity contribution is 7.80. The van der Waals surface area contributed by atoms with Crippen LogP contribution in [0.2, 0.25) is 0 Å². The maximum atomic E-state index is 12.4. The Morgan fingerprint density at radius 2 is 1.75 bits per heavy atom. The smallest absolute Gasteiger partial charge is 0.357 e. The molecule has 1 rings (SSSR count). The largest absolute Gasteiger partial charge is 0.416 e. The first-order valence-corrected chi connectivity index (χ1v) is 6.05. The summed E-state index contributed by atoms with van der Waals surface area (Å²) in [4.78, 5) is 0. The number of alkyl halides is 3. The van der Waals surface area contributed by atoms with E-state index in [-0.39, 0.29) is 5.11 Å². The van der Waals surface area contributed by atoms with Gasteiger partial charge >= 0.3 is 6.18 Å². The number of halogens is 3. The number of benzene rings is 1. The summed E-state index contributed by atoms with van der Waals surface area (Å²) in [6, 6.07) is 4.58. The molecule has 0 aliphatic rings. The van der Waals surface area contributed by atoms with Crippen LogP contribution in [0.1, 0.15) is 5.56 Å². The molecule has 1 aromatic rings. The van der Waals surface area contributed by atoms with Crippen LogP contribution in [0.3, 0.4) is 0 Å². The maximum absolute atomic E-state index is 12.4. The van der Waals surface area contributed by atoms with Crippen molar-refractivity contribution in [2.45, 2.75) is 12.5 Å². The molecule has 0 aromatic heterocycles. The van der Waals surface area contributed by atoms with E-state index >= 15 is 0 Å². The van der Waals surface area contributed by atoms with Crippen LogP contribution in [-0.4, -0.2) is 32.2 Å². The number of anilines is 1. The molecule has 0 unspecified atom stereocenters. The Labute approximate surface area is 120 Å². The lowest BCUT2D eigenvalue weighted by Gasteiger charge is -2.16. The molecular weight excluding hydrogens is 293 g/mol. The molecular formula is C12H15F3N2O2S. The third-order valence-corrected chi connectivity index (χ3v) is 2.67. The second kappa shape index (κ2) is 7.41. The number of hydrogen-bond donors (Lipinski definition) is 2. The summed E-state index contributed by atoms with van der Waals surface area (Å²) in [5, 5.41) is 5.86. The Balaban J connectivity index is 2.50. The molecule has 0 aliphatic heterocycles. The maximum Gasteiger partial charge on any atom is 0.416 e. The van der Waals surface area contributed by atoms with Crippen LogP contribution in [0, 0.1) is 0 Å². The zero-order chi connectivity index (χ0) is 15.2. The molecule has 0 bridgehead atoms. The van der Waals surface area contributed by atoms with E-state index in [1.165, 1.54) is 26.4 Å². The predicted molar refractivity (Wildman–Crippen MR) is 73.5 cm³/mol. The molecule has 0 radical (unpaired) electrons. The van der Waals surface area contributed by atoms with Crippen LogP contribution in [0.25, 0.3) is 0 Å². The molecule has 0 atom stereocenters. The molecule has 0 spiro atoms. The summed E-state index contributed by atoms with van der Waals surface area (Å²) in [5.41, 5.74) is -0.248. The van der Waals surface area contributed by atoms with Crippen LogP contribution in [0.5, 0.6) is 0 Å². The van der Waals surface area contributed by atoms with Gasteiger partial charge in [0.1, 0.15) is 0 Å². The van der Waals surface area contributed by atoms with Crippen LogP contribution in [0.4, 0.5) is 18.9 Å². The standard InChI is InChI=1S/C12H15F3N2O2S/c1-18-10(19-2)7-16-11(20)17-9-5-3-8(4-6-9)12(13,14)15/h3-6,10H,7H2,1-2H3,(H2,16,17,20). The lowest BCUT2D eigenvalue weighted by atomic mass is 10.2. The van der Waals surface area contributed by atoms with Gasteiger partial charge in [0.15, 0.2) is 11.4 Å². The Morgan fingerprint density at radius 1 is 1.20 bits per heavy atom. The molecule has 20 heavy (non-hydrogen) atoms. The van der Waals surface area contributed by atoms with Crippen molar-refractivity contribution in [2.75, 3.05) is 26.1 Å². The van der Waals surface area contributed by atoms with E-state index in [1.54, 1.807) is 0 Å². The third kappa shape index (κ3) is 5.32. The van der Waals surface area contributed by atoms with Gasteiger partial charge in [0.2, 0.25) is 0 Å². The van der Waals surface area contributed by atoms with E-state index in [0.29, 0.717) is 12.2 Å². The fraction of sp³-hybridized carbons (Fsp3) is 0.417. The lowest BCUT2D eigenvalue weighted by Crippen LogP contribution is -2.36. The highest BCUT2D eigenvalue weighted by atomic mass is 32.1. The van der Waals surface area contributed by atoms with Gasteiger partial charge in [0.25, 0.3) is 0 Å². The quantitative estimate of drug-likeness (QED) is 0.646. The van der Waals surface area contributed by atoms with E-state index in [2.05, 4.69) is 10.6 Å². The van der Waals surface area contributed by atoms with Gasteiger partial charge in [0, 0.05) is 19.9 Å². The second-order valence-corrected chi connectivity index (χ2v) is 4.22. The molecule has 4 nitrogen and oxygen atoms in total. The first-order chi connectivity index (χ1) is 9.36. The minimum Gasteiger partial charge on any atom is -0.357 e. The van der Waals surface area contributed by atoms with Crippen molar-refractivity contribution >= 4 is 23.0 Å². The summed E-state index contributed by atoms with van der Waals surface area (Å²) in [5.74, 6) is 0. The fourth-order valence-corrected chi connectivity index (χ4v) is 1.56. The summed E-state index contributed by atoms with van der Waals surface area (Å²) >= 11 is 5.00. The molecule has 0 aliphatic carbocycles. The van der Waals surface area contributed by atoms with Gasteiger partial charge in [-0.05, 0) is 36.5 Å². The molecule has 0 saturated heterocycles. The minimum absolute atomic E-state index is 0.267. The molecule has 1 aromatic carbocycles. The number of ether oxygens (including phenoxy) is 2. The monoisotopic (exact) mass is 308 g/mol. The van der Waals surface area contributed by atoms with Crippen molar-refractivity contribution in [3.63, 3.8) is 0 Å². The summed E-state index contributed by atoms with van der Waals surface area (Å²) < 4.78 is 47.1. The zero-order valence-electron chi connectivity index (χ0n) is 11.0. The molecule has 8 heteroatoms. The van der Waals surface area contributed by atoms with Crippen LogP contribution in [-0.2, 0) is 15.7 Å². The highest BCUT2D eigenvalue weighted by Gasteiger charge is 2.29. The van der Waals surface area contributed by atoms with Crippen molar-refractivity contribution in [2.24, 2.45) is 0 Å². The Morgan fingerprint density at radius 3 is 2.20 bits per heavy atom. The number of rotatable bonds is 5.